The molecule has 25 heavy (non-hydrogen) atoms. The molecule has 134 valence electrons. The Morgan fingerprint density at radius 1 is 1.20 bits per heavy atom. The van der Waals surface area contributed by atoms with Gasteiger partial charge in [-0.2, -0.15) is 0 Å². The Morgan fingerprint density at radius 2 is 2.04 bits per heavy atom. The fourth-order valence-corrected chi connectivity index (χ4v) is 2.31. The molecule has 0 saturated heterocycles. The van der Waals surface area contributed by atoms with Gasteiger partial charge in [0.1, 0.15) is 23.6 Å². The zero-order chi connectivity index (χ0) is 18.1. The number of nitrogens with one attached hydrogen (secondary N) is 2. The van der Waals surface area contributed by atoms with Crippen molar-refractivity contribution in [2.24, 2.45) is 5.92 Å². The van der Waals surface area contributed by atoms with Crippen LogP contribution in [0.25, 0.3) is 0 Å². The first-order valence-corrected chi connectivity index (χ1v) is 8.55. The molecule has 2 aromatic rings. The van der Waals surface area contributed by atoms with Gasteiger partial charge in [-0.1, -0.05) is 26.0 Å². The molecule has 0 radical (unpaired) electrons. The lowest BCUT2D eigenvalue weighted by Crippen LogP contribution is -2.26. The molecule has 0 saturated carbocycles. The quantitative estimate of drug-likeness (QED) is 0.733. The highest BCUT2D eigenvalue weighted by Crippen LogP contribution is 2.12. The maximum atomic E-state index is 12.2. The van der Waals surface area contributed by atoms with Crippen molar-refractivity contribution >= 4 is 11.7 Å². The molecule has 1 aromatic carbocycles. The van der Waals surface area contributed by atoms with E-state index in [0.29, 0.717) is 24.0 Å². The number of methoxy groups -OCH3 is 1. The zero-order valence-corrected chi connectivity index (χ0v) is 15.1. The van der Waals surface area contributed by atoms with Crippen LogP contribution in [0.5, 0.6) is 5.75 Å². The van der Waals surface area contributed by atoms with Gasteiger partial charge in [0, 0.05) is 19.2 Å². The second kappa shape index (κ2) is 9.61. The predicted molar refractivity (Wildman–Crippen MR) is 99.0 cm³/mol. The van der Waals surface area contributed by atoms with Gasteiger partial charge in [-0.15, -0.1) is 0 Å². The highest BCUT2D eigenvalue weighted by molar-refractivity contribution is 5.92. The summed E-state index contributed by atoms with van der Waals surface area (Å²) in [5, 5.41) is 6.11. The smallest absolute Gasteiger partial charge is 0.270 e. The van der Waals surface area contributed by atoms with E-state index in [9.17, 15) is 4.79 Å². The van der Waals surface area contributed by atoms with Crippen molar-refractivity contribution in [1.29, 1.82) is 0 Å². The van der Waals surface area contributed by atoms with Crippen molar-refractivity contribution in [3.05, 3.63) is 47.9 Å². The molecule has 0 aliphatic rings. The number of carbonyl (C=O) groups is 1. The van der Waals surface area contributed by atoms with E-state index < -0.39 is 0 Å². The molecule has 0 fully saturated rings. The Balaban J connectivity index is 1.83. The Hall–Kier alpha value is -2.63. The molecule has 0 bridgehead atoms. The van der Waals surface area contributed by atoms with Gasteiger partial charge in [0.25, 0.3) is 5.91 Å². The molecule has 1 amide bonds. The summed E-state index contributed by atoms with van der Waals surface area (Å²) in [6.45, 7) is 5.70. The van der Waals surface area contributed by atoms with E-state index in [-0.39, 0.29) is 5.91 Å². The van der Waals surface area contributed by atoms with E-state index in [1.165, 1.54) is 6.33 Å². The second-order valence-corrected chi connectivity index (χ2v) is 6.26. The van der Waals surface area contributed by atoms with Crippen LogP contribution in [-0.2, 0) is 6.42 Å². The van der Waals surface area contributed by atoms with Gasteiger partial charge >= 0.3 is 0 Å². The van der Waals surface area contributed by atoms with Crippen LogP contribution >= 0.6 is 0 Å². The maximum absolute atomic E-state index is 12.2. The number of amides is 1. The Kier molecular flexibility index (Phi) is 7.19. The summed E-state index contributed by atoms with van der Waals surface area (Å²) in [7, 11) is 1.64. The molecule has 0 unspecified atom stereocenters. The van der Waals surface area contributed by atoms with Crippen LogP contribution in [-0.4, -0.2) is 36.1 Å². The van der Waals surface area contributed by atoms with Crippen LogP contribution in [0, 0.1) is 5.92 Å². The number of nitrogens with zero attached hydrogens (tertiary/aromatic N) is 2. The number of benzene rings is 1. The number of carbonyl (C=O) groups excluding carboxylic acids is 1. The topological polar surface area (TPSA) is 76.1 Å². The summed E-state index contributed by atoms with van der Waals surface area (Å²) in [4.78, 5) is 20.4. The fourth-order valence-electron chi connectivity index (χ4n) is 2.31. The molecule has 2 N–H and O–H groups in total. The van der Waals surface area contributed by atoms with E-state index in [4.69, 9.17) is 4.74 Å². The summed E-state index contributed by atoms with van der Waals surface area (Å²) < 4.78 is 5.20. The van der Waals surface area contributed by atoms with Gasteiger partial charge < -0.3 is 15.4 Å². The third kappa shape index (κ3) is 6.41. The molecule has 0 aliphatic heterocycles. The van der Waals surface area contributed by atoms with Gasteiger partial charge in [-0.25, -0.2) is 9.97 Å². The van der Waals surface area contributed by atoms with Gasteiger partial charge in [-0.3, -0.25) is 4.79 Å². The SMILES string of the molecule is COc1cccc(CCNC(=O)c2cc(NCCC(C)C)ncn2)c1. The first-order chi connectivity index (χ1) is 12.1. The van der Waals surface area contributed by atoms with Crippen LogP contribution in [0.2, 0.25) is 0 Å². The third-order valence-corrected chi connectivity index (χ3v) is 3.76. The van der Waals surface area contributed by atoms with Gasteiger partial charge in [0.2, 0.25) is 0 Å². The van der Waals surface area contributed by atoms with E-state index >= 15 is 0 Å². The van der Waals surface area contributed by atoms with Crippen molar-refractivity contribution in [3.63, 3.8) is 0 Å². The van der Waals surface area contributed by atoms with Crippen molar-refractivity contribution < 1.29 is 9.53 Å². The van der Waals surface area contributed by atoms with E-state index in [0.717, 1.165) is 30.7 Å². The molecule has 0 atom stereocenters. The van der Waals surface area contributed by atoms with E-state index in [2.05, 4.69) is 34.4 Å². The van der Waals surface area contributed by atoms with Gasteiger partial charge in [0.05, 0.1) is 7.11 Å². The molecule has 0 aliphatic carbocycles. The van der Waals surface area contributed by atoms with Crippen LogP contribution in [0.4, 0.5) is 5.82 Å². The monoisotopic (exact) mass is 342 g/mol. The molecule has 6 heteroatoms. The normalized spacial score (nSPS) is 10.6. The van der Waals surface area contributed by atoms with Gasteiger partial charge in [-0.05, 0) is 36.5 Å². The molecule has 1 heterocycles. The Labute approximate surface area is 149 Å². The average molecular weight is 342 g/mol. The number of aromatic nitrogens is 2. The molecule has 2 rings (SSSR count). The Bertz CT molecular complexity index is 689. The zero-order valence-electron chi connectivity index (χ0n) is 15.1. The lowest BCUT2D eigenvalue weighted by atomic mass is 10.1. The first kappa shape index (κ1) is 18.7. The van der Waals surface area contributed by atoms with E-state index in [1.54, 1.807) is 13.2 Å². The number of hydrogen-bond donors (Lipinski definition) is 2. The average Bonchev–Trinajstić information content (AvgIpc) is 2.62. The van der Waals surface area contributed by atoms with Gasteiger partial charge in [0.15, 0.2) is 0 Å². The van der Waals surface area contributed by atoms with Crippen LogP contribution in [0.3, 0.4) is 0 Å². The fraction of sp³-hybridized carbons (Fsp3) is 0.421. The summed E-state index contributed by atoms with van der Waals surface area (Å²) in [6.07, 6.45) is 3.19. The van der Waals surface area contributed by atoms with Crippen LogP contribution < -0.4 is 15.4 Å². The van der Waals surface area contributed by atoms with Crippen LogP contribution in [0.15, 0.2) is 36.7 Å². The number of ether oxygens (including phenoxy) is 1. The molecule has 0 spiro atoms. The predicted octanol–water partition coefficient (Wildman–Crippen LogP) is 2.92. The largest absolute Gasteiger partial charge is 0.497 e. The first-order valence-electron chi connectivity index (χ1n) is 8.55. The highest BCUT2D eigenvalue weighted by Gasteiger charge is 2.08. The summed E-state index contributed by atoms with van der Waals surface area (Å²) >= 11 is 0. The maximum Gasteiger partial charge on any atom is 0.270 e. The lowest BCUT2D eigenvalue weighted by Gasteiger charge is -2.09. The summed E-state index contributed by atoms with van der Waals surface area (Å²) in [5.74, 6) is 1.91. The van der Waals surface area contributed by atoms with Crippen molar-refractivity contribution in [2.45, 2.75) is 26.7 Å². The Morgan fingerprint density at radius 3 is 2.80 bits per heavy atom. The second-order valence-electron chi connectivity index (χ2n) is 6.26. The molecule has 1 aromatic heterocycles. The third-order valence-electron chi connectivity index (χ3n) is 3.76. The minimum atomic E-state index is -0.197. The molecular formula is C19H26N4O2. The van der Waals surface area contributed by atoms with E-state index in [1.807, 2.05) is 24.3 Å². The van der Waals surface area contributed by atoms with Crippen LogP contribution in [0.1, 0.15) is 36.3 Å². The number of anilines is 1. The minimum absolute atomic E-state index is 0.197. The standard InChI is InChI=1S/C19H26N4O2/c1-14(2)7-9-20-18-12-17(22-13-23-18)19(24)21-10-8-15-5-4-6-16(11-15)25-3/h4-6,11-14H,7-10H2,1-3H3,(H,21,24)(H,20,22,23). The summed E-state index contributed by atoms with van der Waals surface area (Å²) in [6, 6.07) is 9.50. The lowest BCUT2D eigenvalue weighted by molar-refractivity contribution is 0.0949. The molecule has 6 nitrogen and oxygen atoms in total. The highest BCUT2D eigenvalue weighted by atomic mass is 16.5. The molecular weight excluding hydrogens is 316 g/mol. The van der Waals surface area contributed by atoms with Crippen molar-refractivity contribution in [2.75, 3.05) is 25.5 Å². The van der Waals surface area contributed by atoms with Crippen molar-refractivity contribution in [3.8, 4) is 5.75 Å². The van der Waals surface area contributed by atoms with Crippen molar-refractivity contribution in [1.82, 2.24) is 15.3 Å². The number of rotatable bonds is 9. The summed E-state index contributed by atoms with van der Waals surface area (Å²) in [5.41, 5.74) is 1.48. The number of hydrogen-bond acceptors (Lipinski definition) is 5. The minimum Gasteiger partial charge on any atom is -0.497 e.